The minimum Gasteiger partial charge on any atom is -0.392 e. The lowest BCUT2D eigenvalue weighted by molar-refractivity contribution is -0.136. The second kappa shape index (κ2) is 7.41. The Bertz CT molecular complexity index is 419. The Kier molecular flexibility index (Phi) is 6.17. The molecule has 0 unspecified atom stereocenters. The van der Waals surface area contributed by atoms with Crippen LogP contribution in [0.25, 0.3) is 0 Å². The van der Waals surface area contributed by atoms with Crippen molar-refractivity contribution in [2.45, 2.75) is 45.4 Å². The number of hydrogen-bond acceptors (Lipinski definition) is 3. The van der Waals surface area contributed by atoms with E-state index in [-0.39, 0.29) is 24.3 Å². The molecule has 2 N–H and O–H groups in total. The average molecular weight is 279 g/mol. The maximum absolute atomic E-state index is 12.1. The van der Waals surface area contributed by atoms with E-state index in [0.29, 0.717) is 0 Å². The number of rotatable bonds is 6. The molecule has 112 valence electrons. The molecule has 0 spiro atoms. The fourth-order valence-corrected chi connectivity index (χ4v) is 1.93. The van der Waals surface area contributed by atoms with Gasteiger partial charge in [-0.1, -0.05) is 44.2 Å². The summed E-state index contributed by atoms with van der Waals surface area (Å²) in [7, 11) is 1.66. The molecule has 0 bridgehead atoms. The molecule has 0 saturated heterocycles. The van der Waals surface area contributed by atoms with Crippen LogP contribution in [0.5, 0.6) is 0 Å². The zero-order chi connectivity index (χ0) is 15.3. The molecule has 0 aromatic heterocycles. The van der Waals surface area contributed by atoms with Crippen LogP contribution in [0.4, 0.5) is 0 Å². The van der Waals surface area contributed by atoms with Crippen molar-refractivity contribution < 1.29 is 15.0 Å². The largest absolute Gasteiger partial charge is 0.392 e. The van der Waals surface area contributed by atoms with Crippen molar-refractivity contribution in [3.63, 3.8) is 0 Å². The molecule has 1 aromatic rings. The lowest BCUT2D eigenvalue weighted by Gasteiger charge is -2.30. The summed E-state index contributed by atoms with van der Waals surface area (Å²) in [6.45, 7) is 5.55. The van der Waals surface area contributed by atoms with E-state index in [1.165, 1.54) is 4.90 Å². The van der Waals surface area contributed by atoms with E-state index in [1.54, 1.807) is 14.0 Å². The lowest BCUT2D eigenvalue weighted by atomic mass is 10.0. The van der Waals surface area contributed by atoms with Crippen molar-refractivity contribution in [2.24, 2.45) is 5.92 Å². The number of hydrogen-bond donors (Lipinski definition) is 2. The molecule has 0 aliphatic heterocycles. The highest BCUT2D eigenvalue weighted by Gasteiger charge is 2.25. The number of aliphatic hydroxyl groups is 2. The Morgan fingerprint density at radius 1 is 1.15 bits per heavy atom. The maximum Gasteiger partial charge on any atom is 0.225 e. The van der Waals surface area contributed by atoms with Gasteiger partial charge in [-0.2, -0.15) is 0 Å². The van der Waals surface area contributed by atoms with Crippen LogP contribution >= 0.6 is 0 Å². The van der Waals surface area contributed by atoms with Gasteiger partial charge in [0, 0.05) is 7.05 Å². The lowest BCUT2D eigenvalue weighted by Crippen LogP contribution is -2.40. The van der Waals surface area contributed by atoms with Gasteiger partial charge >= 0.3 is 0 Å². The Hall–Kier alpha value is -1.39. The van der Waals surface area contributed by atoms with Gasteiger partial charge in [0.15, 0.2) is 0 Å². The van der Waals surface area contributed by atoms with Crippen LogP contribution in [0.15, 0.2) is 30.3 Å². The summed E-state index contributed by atoms with van der Waals surface area (Å²) in [6, 6.07) is 8.93. The van der Waals surface area contributed by atoms with Crippen LogP contribution in [-0.2, 0) is 4.79 Å². The zero-order valence-corrected chi connectivity index (χ0v) is 12.7. The molecule has 1 rings (SSSR count). The van der Waals surface area contributed by atoms with Crippen molar-refractivity contribution in [1.82, 2.24) is 4.90 Å². The van der Waals surface area contributed by atoms with Crippen LogP contribution in [0, 0.1) is 5.92 Å². The van der Waals surface area contributed by atoms with E-state index in [2.05, 4.69) is 0 Å². The molecule has 20 heavy (non-hydrogen) atoms. The summed E-state index contributed by atoms with van der Waals surface area (Å²) >= 11 is 0. The quantitative estimate of drug-likeness (QED) is 0.837. The predicted molar refractivity (Wildman–Crippen MR) is 79.1 cm³/mol. The van der Waals surface area contributed by atoms with E-state index >= 15 is 0 Å². The first kappa shape index (κ1) is 16.7. The Labute approximate surface area is 121 Å². The van der Waals surface area contributed by atoms with Gasteiger partial charge < -0.3 is 15.1 Å². The monoisotopic (exact) mass is 279 g/mol. The molecule has 4 nitrogen and oxygen atoms in total. The summed E-state index contributed by atoms with van der Waals surface area (Å²) in [5, 5.41) is 20.1. The Morgan fingerprint density at radius 2 is 1.70 bits per heavy atom. The molecule has 0 aliphatic carbocycles. The zero-order valence-electron chi connectivity index (χ0n) is 12.7. The van der Waals surface area contributed by atoms with Crippen molar-refractivity contribution in [1.29, 1.82) is 0 Å². The molecule has 1 amide bonds. The van der Waals surface area contributed by atoms with Gasteiger partial charge in [0.2, 0.25) is 5.91 Å². The van der Waals surface area contributed by atoms with E-state index in [9.17, 15) is 15.0 Å². The van der Waals surface area contributed by atoms with Crippen LogP contribution < -0.4 is 0 Å². The van der Waals surface area contributed by atoms with Crippen molar-refractivity contribution >= 4 is 5.91 Å². The smallest absolute Gasteiger partial charge is 0.225 e. The van der Waals surface area contributed by atoms with Gasteiger partial charge in [-0.3, -0.25) is 4.79 Å². The Balaban J connectivity index is 2.66. The van der Waals surface area contributed by atoms with Gasteiger partial charge in [-0.15, -0.1) is 0 Å². The fraction of sp³-hybridized carbons (Fsp3) is 0.562. The highest BCUT2D eigenvalue weighted by Crippen LogP contribution is 2.20. The summed E-state index contributed by atoms with van der Waals surface area (Å²) in [5.41, 5.74) is 0.782. The highest BCUT2D eigenvalue weighted by molar-refractivity contribution is 5.76. The molecule has 0 saturated carbocycles. The molecule has 0 aliphatic rings. The van der Waals surface area contributed by atoms with Gasteiger partial charge in [0.25, 0.3) is 0 Å². The molecule has 4 heteroatoms. The number of carbonyl (C=O) groups excluding carboxylic acids is 1. The standard InChI is InChI=1S/C16H25NO3/c1-11(2)14(18)10-15(19)17(4)12(3)16(20)13-8-6-5-7-9-13/h5-9,11-12,14,16,18,20H,10H2,1-4H3/t12-,14+,16+/m0/s1. The first-order chi connectivity index (χ1) is 9.34. The van der Waals surface area contributed by atoms with Crippen molar-refractivity contribution in [3.05, 3.63) is 35.9 Å². The average Bonchev–Trinajstić information content (AvgIpc) is 2.45. The highest BCUT2D eigenvalue weighted by atomic mass is 16.3. The number of benzene rings is 1. The SMILES string of the molecule is CC(C)[C@H](O)CC(=O)N(C)[C@@H](C)[C@@H](O)c1ccccc1. The molecule has 0 fully saturated rings. The summed E-state index contributed by atoms with van der Waals surface area (Å²) < 4.78 is 0. The van der Waals surface area contributed by atoms with Crippen LogP contribution in [0.3, 0.4) is 0 Å². The van der Waals surface area contributed by atoms with Gasteiger partial charge in [0.05, 0.1) is 24.7 Å². The summed E-state index contributed by atoms with van der Waals surface area (Å²) in [6.07, 6.45) is -1.30. The summed E-state index contributed by atoms with van der Waals surface area (Å²) in [5.74, 6) is -0.115. The van der Waals surface area contributed by atoms with E-state index in [1.807, 2.05) is 44.2 Å². The van der Waals surface area contributed by atoms with Crippen LogP contribution in [-0.4, -0.2) is 40.2 Å². The topological polar surface area (TPSA) is 60.8 Å². The van der Waals surface area contributed by atoms with Gasteiger partial charge in [-0.05, 0) is 18.4 Å². The van der Waals surface area contributed by atoms with Crippen molar-refractivity contribution in [3.8, 4) is 0 Å². The van der Waals surface area contributed by atoms with E-state index in [4.69, 9.17) is 0 Å². The molecular formula is C16H25NO3. The van der Waals surface area contributed by atoms with Crippen LogP contribution in [0.1, 0.15) is 38.9 Å². The fourth-order valence-electron chi connectivity index (χ4n) is 1.93. The van der Waals surface area contributed by atoms with Gasteiger partial charge in [-0.25, -0.2) is 0 Å². The minimum atomic E-state index is -0.735. The number of nitrogens with zero attached hydrogens (tertiary/aromatic N) is 1. The third-order valence-electron chi connectivity index (χ3n) is 3.76. The number of likely N-dealkylation sites (N-methyl/N-ethyl adjacent to an activating group) is 1. The molecule has 0 heterocycles. The molecule has 1 aromatic carbocycles. The number of aliphatic hydroxyl groups excluding tert-OH is 2. The third-order valence-corrected chi connectivity index (χ3v) is 3.76. The molecule has 0 radical (unpaired) electrons. The second-order valence-corrected chi connectivity index (χ2v) is 5.62. The van der Waals surface area contributed by atoms with E-state index in [0.717, 1.165) is 5.56 Å². The molecular weight excluding hydrogens is 254 g/mol. The summed E-state index contributed by atoms with van der Waals surface area (Å²) in [4.78, 5) is 13.6. The van der Waals surface area contributed by atoms with Crippen LogP contribution in [0.2, 0.25) is 0 Å². The van der Waals surface area contributed by atoms with Crippen molar-refractivity contribution in [2.75, 3.05) is 7.05 Å². The van der Waals surface area contributed by atoms with E-state index < -0.39 is 12.2 Å². The normalized spacial score (nSPS) is 15.8. The predicted octanol–water partition coefficient (Wildman–Crippen LogP) is 1.97. The maximum atomic E-state index is 12.1. The number of amides is 1. The molecule has 3 atom stereocenters. The Morgan fingerprint density at radius 3 is 2.20 bits per heavy atom. The number of carbonyl (C=O) groups is 1. The first-order valence-corrected chi connectivity index (χ1v) is 7.01. The minimum absolute atomic E-state index is 0.0432. The van der Waals surface area contributed by atoms with Gasteiger partial charge in [0.1, 0.15) is 0 Å². The third kappa shape index (κ3) is 4.32. The second-order valence-electron chi connectivity index (χ2n) is 5.62. The first-order valence-electron chi connectivity index (χ1n) is 7.01.